The van der Waals surface area contributed by atoms with Crippen molar-refractivity contribution in [3.05, 3.63) is 0 Å². The van der Waals surface area contributed by atoms with Crippen LogP contribution >= 0.6 is 0 Å². The maximum absolute atomic E-state index is 11.4. The van der Waals surface area contributed by atoms with Gasteiger partial charge in [-0.2, -0.15) is 0 Å². The number of carbonyl (C=O) groups is 1. The number of amides is 1. The van der Waals surface area contributed by atoms with Crippen molar-refractivity contribution in [1.82, 2.24) is 10.2 Å². The van der Waals surface area contributed by atoms with Crippen LogP contribution in [-0.2, 0) is 9.53 Å². The number of nitrogens with two attached hydrogens (primary N) is 1. The molecular weight excluding hydrogens is 194 g/mol. The summed E-state index contributed by atoms with van der Waals surface area (Å²) in [6.07, 6.45) is 1.28. The molecule has 88 valence electrons. The van der Waals surface area contributed by atoms with Crippen LogP contribution in [0, 0.1) is 0 Å². The van der Waals surface area contributed by atoms with Gasteiger partial charge in [-0.25, -0.2) is 0 Å². The molecule has 1 atom stereocenters. The van der Waals surface area contributed by atoms with E-state index in [4.69, 9.17) is 10.5 Å². The summed E-state index contributed by atoms with van der Waals surface area (Å²) in [5.74, 6) is 0.0530. The SMILES string of the molecule is CCC1CN(CC(=O)NCCN)CCO1. The highest BCUT2D eigenvalue weighted by Gasteiger charge is 2.20. The average molecular weight is 215 g/mol. The molecule has 0 saturated carbocycles. The smallest absolute Gasteiger partial charge is 0.234 e. The predicted molar refractivity (Wildman–Crippen MR) is 58.5 cm³/mol. The summed E-state index contributed by atoms with van der Waals surface area (Å²) < 4.78 is 5.53. The molecule has 5 nitrogen and oxygen atoms in total. The summed E-state index contributed by atoms with van der Waals surface area (Å²) in [7, 11) is 0. The van der Waals surface area contributed by atoms with E-state index >= 15 is 0 Å². The molecule has 0 aliphatic carbocycles. The van der Waals surface area contributed by atoms with Crippen LogP contribution in [0.25, 0.3) is 0 Å². The van der Waals surface area contributed by atoms with Gasteiger partial charge in [-0.1, -0.05) is 6.92 Å². The number of carbonyl (C=O) groups excluding carboxylic acids is 1. The molecule has 0 radical (unpaired) electrons. The van der Waals surface area contributed by atoms with Gasteiger partial charge < -0.3 is 15.8 Å². The number of hydrogen-bond acceptors (Lipinski definition) is 4. The third-order valence-corrected chi connectivity index (χ3v) is 2.51. The monoisotopic (exact) mass is 215 g/mol. The van der Waals surface area contributed by atoms with E-state index in [1.54, 1.807) is 0 Å². The van der Waals surface area contributed by atoms with Crippen molar-refractivity contribution in [3.63, 3.8) is 0 Å². The second kappa shape index (κ2) is 6.76. The van der Waals surface area contributed by atoms with Gasteiger partial charge in [0.2, 0.25) is 5.91 Å². The van der Waals surface area contributed by atoms with Gasteiger partial charge in [0.25, 0.3) is 0 Å². The Kier molecular flexibility index (Phi) is 5.60. The molecule has 15 heavy (non-hydrogen) atoms. The first kappa shape index (κ1) is 12.4. The van der Waals surface area contributed by atoms with Gasteiger partial charge in [-0.05, 0) is 6.42 Å². The fourth-order valence-electron chi connectivity index (χ4n) is 1.64. The second-order valence-corrected chi connectivity index (χ2v) is 3.77. The maximum atomic E-state index is 11.4. The van der Waals surface area contributed by atoms with Crippen LogP contribution < -0.4 is 11.1 Å². The second-order valence-electron chi connectivity index (χ2n) is 3.77. The summed E-state index contributed by atoms with van der Waals surface area (Å²) in [6, 6.07) is 0. The number of hydrogen-bond donors (Lipinski definition) is 2. The van der Waals surface area contributed by atoms with Gasteiger partial charge in [-0.3, -0.25) is 9.69 Å². The summed E-state index contributed by atoms with van der Waals surface area (Å²) in [5, 5.41) is 2.77. The zero-order valence-electron chi connectivity index (χ0n) is 9.37. The maximum Gasteiger partial charge on any atom is 0.234 e. The normalized spacial score (nSPS) is 22.7. The Balaban J connectivity index is 2.22. The third-order valence-electron chi connectivity index (χ3n) is 2.51. The minimum atomic E-state index is 0.0530. The van der Waals surface area contributed by atoms with E-state index in [0.29, 0.717) is 19.6 Å². The van der Waals surface area contributed by atoms with Gasteiger partial charge >= 0.3 is 0 Å². The first-order valence-corrected chi connectivity index (χ1v) is 5.57. The molecule has 1 rings (SSSR count). The summed E-state index contributed by atoms with van der Waals surface area (Å²) in [5.41, 5.74) is 5.31. The average Bonchev–Trinajstić information content (AvgIpc) is 2.26. The highest BCUT2D eigenvalue weighted by molar-refractivity contribution is 5.78. The molecule has 1 aliphatic heterocycles. The minimum absolute atomic E-state index is 0.0530. The summed E-state index contributed by atoms with van der Waals surface area (Å²) in [4.78, 5) is 13.5. The van der Waals surface area contributed by atoms with Crippen LogP contribution in [0.3, 0.4) is 0 Å². The van der Waals surface area contributed by atoms with Crippen molar-refractivity contribution in [2.45, 2.75) is 19.4 Å². The Morgan fingerprint density at radius 1 is 1.67 bits per heavy atom. The van der Waals surface area contributed by atoms with E-state index in [9.17, 15) is 4.79 Å². The molecule has 1 amide bonds. The standard InChI is InChI=1S/C10H21N3O2/c1-2-9-7-13(5-6-15-9)8-10(14)12-4-3-11/h9H,2-8,11H2,1H3,(H,12,14). The first-order chi connectivity index (χ1) is 7.26. The number of rotatable bonds is 5. The van der Waals surface area contributed by atoms with Gasteiger partial charge in [-0.15, -0.1) is 0 Å². The lowest BCUT2D eigenvalue weighted by Crippen LogP contribution is -2.47. The Labute approximate surface area is 90.9 Å². The van der Waals surface area contributed by atoms with Crippen LogP contribution in [-0.4, -0.2) is 56.2 Å². The zero-order valence-corrected chi connectivity index (χ0v) is 9.37. The van der Waals surface area contributed by atoms with Crippen molar-refractivity contribution in [3.8, 4) is 0 Å². The first-order valence-electron chi connectivity index (χ1n) is 5.57. The molecular formula is C10H21N3O2. The van der Waals surface area contributed by atoms with E-state index in [-0.39, 0.29) is 12.0 Å². The van der Waals surface area contributed by atoms with E-state index in [0.717, 1.165) is 26.1 Å². The fourth-order valence-corrected chi connectivity index (χ4v) is 1.64. The van der Waals surface area contributed by atoms with Crippen molar-refractivity contribution in [2.24, 2.45) is 5.73 Å². The molecule has 0 bridgehead atoms. The number of nitrogens with one attached hydrogen (secondary N) is 1. The Morgan fingerprint density at radius 3 is 3.13 bits per heavy atom. The molecule has 1 aliphatic rings. The van der Waals surface area contributed by atoms with Crippen molar-refractivity contribution in [2.75, 3.05) is 39.3 Å². The molecule has 1 saturated heterocycles. The van der Waals surface area contributed by atoms with Crippen LogP contribution in [0.2, 0.25) is 0 Å². The lowest BCUT2D eigenvalue weighted by atomic mass is 10.2. The van der Waals surface area contributed by atoms with Gasteiger partial charge in [0.05, 0.1) is 19.3 Å². The van der Waals surface area contributed by atoms with Crippen LogP contribution in [0.1, 0.15) is 13.3 Å². The van der Waals surface area contributed by atoms with Crippen molar-refractivity contribution in [1.29, 1.82) is 0 Å². The Bertz CT molecular complexity index is 199. The molecule has 0 aromatic rings. The van der Waals surface area contributed by atoms with Gasteiger partial charge in [0, 0.05) is 26.2 Å². The van der Waals surface area contributed by atoms with Crippen molar-refractivity contribution < 1.29 is 9.53 Å². The Morgan fingerprint density at radius 2 is 2.47 bits per heavy atom. The minimum Gasteiger partial charge on any atom is -0.376 e. The lowest BCUT2D eigenvalue weighted by molar-refractivity contribution is -0.124. The number of ether oxygens (including phenoxy) is 1. The van der Waals surface area contributed by atoms with E-state index in [2.05, 4.69) is 17.1 Å². The highest BCUT2D eigenvalue weighted by Crippen LogP contribution is 2.07. The fraction of sp³-hybridized carbons (Fsp3) is 0.900. The molecule has 1 unspecified atom stereocenters. The quantitative estimate of drug-likeness (QED) is 0.628. The van der Waals surface area contributed by atoms with E-state index in [1.807, 2.05) is 0 Å². The number of morpholine rings is 1. The lowest BCUT2D eigenvalue weighted by Gasteiger charge is -2.31. The molecule has 0 aromatic carbocycles. The van der Waals surface area contributed by atoms with E-state index in [1.165, 1.54) is 0 Å². The molecule has 1 fully saturated rings. The van der Waals surface area contributed by atoms with Crippen LogP contribution in [0.4, 0.5) is 0 Å². The molecule has 1 heterocycles. The van der Waals surface area contributed by atoms with Crippen molar-refractivity contribution >= 4 is 5.91 Å². The summed E-state index contributed by atoms with van der Waals surface area (Å²) >= 11 is 0. The Hall–Kier alpha value is -0.650. The topological polar surface area (TPSA) is 67.6 Å². The van der Waals surface area contributed by atoms with Crippen LogP contribution in [0.5, 0.6) is 0 Å². The third kappa shape index (κ3) is 4.59. The zero-order chi connectivity index (χ0) is 11.1. The molecule has 3 N–H and O–H groups in total. The van der Waals surface area contributed by atoms with Gasteiger partial charge in [0.1, 0.15) is 0 Å². The number of nitrogens with zero attached hydrogens (tertiary/aromatic N) is 1. The van der Waals surface area contributed by atoms with Crippen LogP contribution in [0.15, 0.2) is 0 Å². The molecule has 0 aromatic heterocycles. The molecule has 5 heteroatoms. The predicted octanol–water partition coefficient (Wildman–Crippen LogP) is -0.828. The van der Waals surface area contributed by atoms with Gasteiger partial charge in [0.15, 0.2) is 0 Å². The largest absolute Gasteiger partial charge is 0.376 e. The summed E-state index contributed by atoms with van der Waals surface area (Å²) in [6.45, 7) is 6.02. The highest BCUT2D eigenvalue weighted by atomic mass is 16.5. The molecule has 0 spiro atoms. The van der Waals surface area contributed by atoms with E-state index < -0.39 is 0 Å².